The van der Waals surface area contributed by atoms with Crippen molar-refractivity contribution in [3.63, 3.8) is 0 Å². The molecule has 0 saturated carbocycles. The van der Waals surface area contributed by atoms with E-state index < -0.39 is 0 Å². The Morgan fingerprint density at radius 3 is 3.31 bits per heavy atom. The molecule has 1 amide bonds. The van der Waals surface area contributed by atoms with Gasteiger partial charge in [-0.25, -0.2) is 0 Å². The largest absolute Gasteiger partial charge is 0.368 e. The minimum atomic E-state index is -0.280. The van der Waals surface area contributed by atoms with Crippen LogP contribution in [0.5, 0.6) is 0 Å². The number of aromatic nitrogens is 3. The molecule has 6 nitrogen and oxygen atoms in total. The van der Waals surface area contributed by atoms with Crippen molar-refractivity contribution in [1.82, 2.24) is 20.1 Å². The molecule has 2 rings (SSSR count). The van der Waals surface area contributed by atoms with Gasteiger partial charge in [-0.2, -0.15) is 0 Å². The van der Waals surface area contributed by atoms with Crippen LogP contribution >= 0.6 is 0 Å². The third kappa shape index (κ3) is 2.38. The fourth-order valence-corrected chi connectivity index (χ4v) is 1.74. The zero-order valence-electron chi connectivity index (χ0n) is 9.35. The fraction of sp³-hybridized carbons (Fsp3) is 0.700. The molecule has 1 aromatic rings. The molecule has 88 valence electrons. The molecule has 1 aliphatic heterocycles. The third-order valence-electron chi connectivity index (χ3n) is 2.68. The Labute approximate surface area is 94.0 Å². The summed E-state index contributed by atoms with van der Waals surface area (Å²) >= 11 is 0. The highest BCUT2D eigenvalue weighted by molar-refractivity contribution is 5.80. The molecule has 0 aliphatic carbocycles. The second-order valence-electron chi connectivity index (χ2n) is 3.75. The van der Waals surface area contributed by atoms with Crippen LogP contribution in [0.3, 0.4) is 0 Å². The van der Waals surface area contributed by atoms with Crippen molar-refractivity contribution in [3.05, 3.63) is 12.2 Å². The summed E-state index contributed by atoms with van der Waals surface area (Å²) in [6.07, 6.45) is 3.15. The van der Waals surface area contributed by atoms with Crippen LogP contribution in [0.1, 0.15) is 25.6 Å². The molecule has 0 spiro atoms. The molecule has 1 aliphatic rings. The standard InChI is InChI=1S/C10H16N4O2/c1-2-14-7-12-13-9(14)6-11-10(15)8-4-3-5-16-8/h7-8H,2-6H2,1H3,(H,11,15)/t8-/m1/s1. The molecule has 1 atom stereocenters. The molecule has 0 bridgehead atoms. The van der Waals surface area contributed by atoms with Crippen molar-refractivity contribution in [2.75, 3.05) is 6.61 Å². The second-order valence-corrected chi connectivity index (χ2v) is 3.75. The molecule has 16 heavy (non-hydrogen) atoms. The van der Waals surface area contributed by atoms with E-state index in [1.807, 2.05) is 11.5 Å². The molecule has 6 heteroatoms. The van der Waals surface area contributed by atoms with Gasteiger partial charge >= 0.3 is 0 Å². The molecule has 1 N–H and O–H groups in total. The number of carbonyl (C=O) groups excluding carboxylic acids is 1. The van der Waals surface area contributed by atoms with E-state index in [9.17, 15) is 4.79 Å². The molecule has 0 unspecified atom stereocenters. The smallest absolute Gasteiger partial charge is 0.249 e. The van der Waals surface area contributed by atoms with E-state index in [-0.39, 0.29) is 12.0 Å². The van der Waals surface area contributed by atoms with Gasteiger partial charge < -0.3 is 14.6 Å². The van der Waals surface area contributed by atoms with E-state index in [4.69, 9.17) is 4.74 Å². The lowest BCUT2D eigenvalue weighted by Crippen LogP contribution is -2.34. The van der Waals surface area contributed by atoms with Crippen LogP contribution in [0.2, 0.25) is 0 Å². The summed E-state index contributed by atoms with van der Waals surface area (Å²) in [6.45, 7) is 3.91. The van der Waals surface area contributed by atoms with Gasteiger partial charge in [-0.1, -0.05) is 0 Å². The van der Waals surface area contributed by atoms with Gasteiger partial charge in [0.25, 0.3) is 0 Å². The summed E-state index contributed by atoms with van der Waals surface area (Å²) in [5.74, 6) is 0.719. The van der Waals surface area contributed by atoms with Crippen molar-refractivity contribution < 1.29 is 9.53 Å². The first-order valence-electron chi connectivity index (χ1n) is 5.57. The average molecular weight is 224 g/mol. The van der Waals surface area contributed by atoms with Gasteiger partial charge in [-0.3, -0.25) is 4.79 Å². The number of hydrogen-bond acceptors (Lipinski definition) is 4. The minimum Gasteiger partial charge on any atom is -0.368 e. The molecule has 1 aromatic heterocycles. The highest BCUT2D eigenvalue weighted by atomic mass is 16.5. The zero-order chi connectivity index (χ0) is 11.4. The number of nitrogens with one attached hydrogen (secondary N) is 1. The highest BCUT2D eigenvalue weighted by Gasteiger charge is 2.23. The van der Waals surface area contributed by atoms with Gasteiger partial charge in [0.15, 0.2) is 5.82 Å². The number of aryl methyl sites for hydroxylation is 1. The van der Waals surface area contributed by atoms with Crippen molar-refractivity contribution in [2.24, 2.45) is 0 Å². The lowest BCUT2D eigenvalue weighted by atomic mass is 10.2. The number of ether oxygens (including phenoxy) is 1. The number of nitrogens with zero attached hydrogens (tertiary/aromatic N) is 3. The summed E-state index contributed by atoms with van der Waals surface area (Å²) in [4.78, 5) is 11.6. The maximum atomic E-state index is 11.6. The number of rotatable bonds is 4. The van der Waals surface area contributed by atoms with Gasteiger partial charge in [0.2, 0.25) is 5.91 Å². The summed E-state index contributed by atoms with van der Waals surface area (Å²) in [5.41, 5.74) is 0. The highest BCUT2D eigenvalue weighted by Crippen LogP contribution is 2.11. The van der Waals surface area contributed by atoms with Crippen LogP contribution in [-0.2, 0) is 22.6 Å². The minimum absolute atomic E-state index is 0.0526. The zero-order valence-corrected chi connectivity index (χ0v) is 9.35. The second kappa shape index (κ2) is 5.07. The van der Waals surface area contributed by atoms with E-state index >= 15 is 0 Å². The van der Waals surface area contributed by atoms with Gasteiger partial charge in [0, 0.05) is 13.2 Å². The monoisotopic (exact) mass is 224 g/mol. The van der Waals surface area contributed by atoms with Crippen molar-refractivity contribution in [2.45, 2.75) is 39.0 Å². The van der Waals surface area contributed by atoms with Gasteiger partial charge in [0.05, 0.1) is 6.54 Å². The van der Waals surface area contributed by atoms with E-state index in [0.29, 0.717) is 13.2 Å². The number of carbonyl (C=O) groups is 1. The average Bonchev–Trinajstić information content (AvgIpc) is 2.96. The van der Waals surface area contributed by atoms with Crippen LogP contribution in [-0.4, -0.2) is 33.4 Å². The Kier molecular flexibility index (Phi) is 3.51. The van der Waals surface area contributed by atoms with Crippen molar-refractivity contribution in [3.8, 4) is 0 Å². The fourth-order valence-electron chi connectivity index (χ4n) is 1.74. The maximum absolute atomic E-state index is 11.6. The normalized spacial score (nSPS) is 19.9. The van der Waals surface area contributed by atoms with E-state index in [1.165, 1.54) is 0 Å². The summed E-state index contributed by atoms with van der Waals surface area (Å²) in [5, 5.41) is 10.6. The van der Waals surface area contributed by atoms with E-state index in [1.54, 1.807) is 6.33 Å². The molecular weight excluding hydrogens is 208 g/mol. The van der Waals surface area contributed by atoms with Crippen LogP contribution < -0.4 is 5.32 Å². The Hall–Kier alpha value is -1.43. The first kappa shape index (κ1) is 11.1. The predicted octanol–water partition coefficient (Wildman–Crippen LogP) is 0.0932. The Morgan fingerprint density at radius 2 is 2.62 bits per heavy atom. The third-order valence-corrected chi connectivity index (χ3v) is 2.68. The SMILES string of the molecule is CCn1cnnc1CNC(=O)[C@H]1CCCO1. The number of amides is 1. The van der Waals surface area contributed by atoms with Gasteiger partial charge in [-0.15, -0.1) is 10.2 Å². The molecule has 0 aromatic carbocycles. The Morgan fingerprint density at radius 1 is 1.75 bits per heavy atom. The lowest BCUT2D eigenvalue weighted by molar-refractivity contribution is -0.130. The molecule has 1 fully saturated rings. The molecule has 0 radical (unpaired) electrons. The number of hydrogen-bond donors (Lipinski definition) is 1. The van der Waals surface area contributed by atoms with Crippen LogP contribution in [0, 0.1) is 0 Å². The van der Waals surface area contributed by atoms with Gasteiger partial charge in [0.1, 0.15) is 12.4 Å². The summed E-state index contributed by atoms with van der Waals surface area (Å²) in [7, 11) is 0. The topological polar surface area (TPSA) is 69.0 Å². The van der Waals surface area contributed by atoms with Crippen molar-refractivity contribution in [1.29, 1.82) is 0 Å². The Bertz CT molecular complexity index is 357. The molecular formula is C10H16N4O2. The first-order chi connectivity index (χ1) is 7.81. The predicted molar refractivity (Wildman–Crippen MR) is 56.5 cm³/mol. The van der Waals surface area contributed by atoms with E-state index in [2.05, 4.69) is 15.5 Å². The molecule has 1 saturated heterocycles. The summed E-state index contributed by atoms with van der Waals surface area (Å²) in [6, 6.07) is 0. The van der Waals surface area contributed by atoms with Crippen LogP contribution in [0.4, 0.5) is 0 Å². The van der Waals surface area contributed by atoms with Crippen LogP contribution in [0.25, 0.3) is 0 Å². The lowest BCUT2D eigenvalue weighted by Gasteiger charge is -2.10. The maximum Gasteiger partial charge on any atom is 0.249 e. The van der Waals surface area contributed by atoms with E-state index in [0.717, 1.165) is 25.2 Å². The Balaban J connectivity index is 1.84. The molecule has 2 heterocycles. The quantitative estimate of drug-likeness (QED) is 0.787. The first-order valence-corrected chi connectivity index (χ1v) is 5.57. The van der Waals surface area contributed by atoms with Gasteiger partial charge in [-0.05, 0) is 19.8 Å². The van der Waals surface area contributed by atoms with Crippen molar-refractivity contribution >= 4 is 5.91 Å². The van der Waals surface area contributed by atoms with Crippen LogP contribution in [0.15, 0.2) is 6.33 Å². The summed E-state index contributed by atoms with van der Waals surface area (Å²) < 4.78 is 7.18.